The number of hydrogen-bond donors (Lipinski definition) is 2. The van der Waals surface area contributed by atoms with E-state index in [2.05, 4.69) is 21.4 Å². The first-order valence-electron chi connectivity index (χ1n) is 5.80. The number of hydrazine groups is 1. The summed E-state index contributed by atoms with van der Waals surface area (Å²) in [4.78, 5) is 0. The lowest BCUT2D eigenvalue weighted by Crippen LogP contribution is -2.30. The molecular weight excluding hydrogens is 333 g/mol. The van der Waals surface area contributed by atoms with Gasteiger partial charge < -0.3 is 0 Å². The van der Waals surface area contributed by atoms with Crippen molar-refractivity contribution in [1.82, 2.24) is 5.43 Å². The van der Waals surface area contributed by atoms with E-state index in [-0.39, 0.29) is 11.1 Å². The second-order valence-corrected chi connectivity index (χ2v) is 5.32. The van der Waals surface area contributed by atoms with E-state index in [0.717, 1.165) is 0 Å². The van der Waals surface area contributed by atoms with Crippen LogP contribution in [0, 0.1) is 24.4 Å². The molecule has 20 heavy (non-hydrogen) atoms. The van der Waals surface area contributed by atoms with E-state index in [1.165, 1.54) is 31.2 Å². The molecule has 0 radical (unpaired) electrons. The average molecular weight is 345 g/mol. The van der Waals surface area contributed by atoms with Gasteiger partial charge in [-0.3, -0.25) is 5.84 Å². The smallest absolute Gasteiger partial charge is 0.164 e. The first-order valence-corrected chi connectivity index (χ1v) is 6.60. The Labute approximate surface area is 122 Å². The number of halogens is 4. The molecule has 0 amide bonds. The highest BCUT2D eigenvalue weighted by Crippen LogP contribution is 2.28. The van der Waals surface area contributed by atoms with Gasteiger partial charge in [-0.25, -0.2) is 18.6 Å². The summed E-state index contributed by atoms with van der Waals surface area (Å²) in [7, 11) is 0. The molecule has 0 spiro atoms. The van der Waals surface area contributed by atoms with E-state index in [9.17, 15) is 13.2 Å². The third-order valence-electron chi connectivity index (χ3n) is 3.00. The minimum Gasteiger partial charge on any atom is -0.271 e. The van der Waals surface area contributed by atoms with E-state index < -0.39 is 23.5 Å². The summed E-state index contributed by atoms with van der Waals surface area (Å²) in [6.45, 7) is 1.46. The molecule has 2 aromatic carbocycles. The Hall–Kier alpha value is -1.37. The Balaban J connectivity index is 2.55. The molecule has 1 unspecified atom stereocenters. The van der Waals surface area contributed by atoms with Gasteiger partial charge in [0.05, 0.1) is 6.04 Å². The Morgan fingerprint density at radius 2 is 1.80 bits per heavy atom. The second kappa shape index (κ2) is 5.95. The fourth-order valence-corrected chi connectivity index (χ4v) is 2.47. The lowest BCUT2D eigenvalue weighted by atomic mass is 9.97. The topological polar surface area (TPSA) is 38.0 Å². The summed E-state index contributed by atoms with van der Waals surface area (Å²) in [5.74, 6) is 3.00. The molecule has 6 heteroatoms. The van der Waals surface area contributed by atoms with E-state index in [0.29, 0.717) is 10.0 Å². The van der Waals surface area contributed by atoms with Gasteiger partial charge in [0.25, 0.3) is 0 Å². The van der Waals surface area contributed by atoms with Crippen LogP contribution in [0.1, 0.15) is 22.7 Å². The molecule has 0 saturated heterocycles. The van der Waals surface area contributed by atoms with Crippen LogP contribution in [0.2, 0.25) is 0 Å². The molecule has 106 valence electrons. The van der Waals surface area contributed by atoms with Gasteiger partial charge in [-0.2, -0.15) is 0 Å². The van der Waals surface area contributed by atoms with Crippen LogP contribution in [-0.4, -0.2) is 0 Å². The van der Waals surface area contributed by atoms with Crippen molar-refractivity contribution >= 4 is 15.9 Å². The molecule has 1 atom stereocenters. The zero-order valence-corrected chi connectivity index (χ0v) is 12.1. The fourth-order valence-electron chi connectivity index (χ4n) is 1.99. The first-order chi connectivity index (χ1) is 9.43. The molecule has 2 nitrogen and oxygen atoms in total. The fraction of sp³-hybridized carbons (Fsp3) is 0.143. The first kappa shape index (κ1) is 15.0. The Kier molecular flexibility index (Phi) is 4.47. The Bertz CT molecular complexity index is 626. The van der Waals surface area contributed by atoms with Crippen LogP contribution in [-0.2, 0) is 0 Å². The predicted octanol–water partition coefficient (Wildman–Crippen LogP) is 3.73. The zero-order chi connectivity index (χ0) is 14.9. The molecular formula is C14H12BrF3N2. The van der Waals surface area contributed by atoms with Crippen LogP contribution < -0.4 is 11.3 Å². The van der Waals surface area contributed by atoms with Crippen molar-refractivity contribution in [2.45, 2.75) is 13.0 Å². The van der Waals surface area contributed by atoms with Crippen molar-refractivity contribution in [2.75, 3.05) is 0 Å². The van der Waals surface area contributed by atoms with Crippen molar-refractivity contribution in [3.63, 3.8) is 0 Å². The molecule has 0 aliphatic carbocycles. The molecule has 0 aromatic heterocycles. The second-order valence-electron chi connectivity index (χ2n) is 4.40. The third-order valence-corrected chi connectivity index (χ3v) is 3.46. The lowest BCUT2D eigenvalue weighted by Gasteiger charge is -2.18. The van der Waals surface area contributed by atoms with Gasteiger partial charge in [0.1, 0.15) is 5.82 Å². The molecule has 0 aliphatic rings. The van der Waals surface area contributed by atoms with Gasteiger partial charge in [0.2, 0.25) is 0 Å². The van der Waals surface area contributed by atoms with Gasteiger partial charge in [0, 0.05) is 10.0 Å². The van der Waals surface area contributed by atoms with Crippen molar-refractivity contribution in [3.05, 3.63) is 68.9 Å². The standard InChI is InChI=1S/C14H12BrF3N2/c1-7-2-3-11(13(18)12(7)17)14(20-19)8-4-9(15)6-10(16)5-8/h2-6,14,20H,19H2,1H3. The number of aryl methyl sites for hydroxylation is 1. The highest BCUT2D eigenvalue weighted by molar-refractivity contribution is 9.10. The third kappa shape index (κ3) is 2.87. The van der Waals surface area contributed by atoms with E-state index in [1.807, 2.05) is 0 Å². The molecule has 0 aliphatic heterocycles. The SMILES string of the molecule is Cc1ccc(C(NN)c2cc(F)cc(Br)c2)c(F)c1F. The molecule has 0 heterocycles. The van der Waals surface area contributed by atoms with Gasteiger partial charge in [-0.1, -0.05) is 28.1 Å². The monoisotopic (exact) mass is 344 g/mol. The highest BCUT2D eigenvalue weighted by Gasteiger charge is 2.21. The largest absolute Gasteiger partial charge is 0.271 e. The zero-order valence-electron chi connectivity index (χ0n) is 10.6. The summed E-state index contributed by atoms with van der Waals surface area (Å²) in [5.41, 5.74) is 2.99. The van der Waals surface area contributed by atoms with Gasteiger partial charge >= 0.3 is 0 Å². The maximum absolute atomic E-state index is 14.0. The maximum atomic E-state index is 14.0. The minimum atomic E-state index is -0.992. The van der Waals surface area contributed by atoms with Crippen molar-refractivity contribution in [2.24, 2.45) is 5.84 Å². The number of rotatable bonds is 3. The quantitative estimate of drug-likeness (QED) is 0.657. The molecule has 2 rings (SSSR count). The van der Waals surface area contributed by atoms with Crippen LogP contribution in [0.5, 0.6) is 0 Å². The van der Waals surface area contributed by atoms with E-state index in [4.69, 9.17) is 5.84 Å². The molecule has 2 aromatic rings. The number of nitrogens with one attached hydrogen (secondary N) is 1. The van der Waals surface area contributed by atoms with Crippen molar-refractivity contribution in [3.8, 4) is 0 Å². The number of hydrogen-bond acceptors (Lipinski definition) is 2. The minimum absolute atomic E-state index is 0.0214. The molecule has 0 bridgehead atoms. The van der Waals surface area contributed by atoms with Crippen LogP contribution in [0.3, 0.4) is 0 Å². The average Bonchev–Trinajstić information content (AvgIpc) is 2.38. The summed E-state index contributed by atoms with van der Waals surface area (Å²) < 4.78 is 41.6. The van der Waals surface area contributed by atoms with Crippen LogP contribution in [0.4, 0.5) is 13.2 Å². The summed E-state index contributed by atoms with van der Waals surface area (Å²) in [5, 5.41) is 0. The summed E-state index contributed by atoms with van der Waals surface area (Å²) in [6.07, 6.45) is 0. The Morgan fingerprint density at radius 1 is 1.10 bits per heavy atom. The lowest BCUT2D eigenvalue weighted by molar-refractivity contribution is 0.478. The van der Waals surface area contributed by atoms with Crippen LogP contribution in [0.25, 0.3) is 0 Å². The molecule has 3 N–H and O–H groups in total. The molecule has 0 fully saturated rings. The Morgan fingerprint density at radius 3 is 2.40 bits per heavy atom. The van der Waals surface area contributed by atoms with Crippen LogP contribution >= 0.6 is 15.9 Å². The number of benzene rings is 2. The maximum Gasteiger partial charge on any atom is 0.164 e. The normalized spacial score (nSPS) is 12.5. The van der Waals surface area contributed by atoms with Gasteiger partial charge in [0.15, 0.2) is 11.6 Å². The van der Waals surface area contributed by atoms with Crippen molar-refractivity contribution in [1.29, 1.82) is 0 Å². The highest BCUT2D eigenvalue weighted by atomic mass is 79.9. The number of nitrogens with two attached hydrogens (primary N) is 1. The summed E-state index contributed by atoms with van der Waals surface area (Å²) >= 11 is 3.15. The van der Waals surface area contributed by atoms with Gasteiger partial charge in [-0.05, 0) is 36.2 Å². The van der Waals surface area contributed by atoms with E-state index in [1.54, 1.807) is 6.07 Å². The van der Waals surface area contributed by atoms with Crippen molar-refractivity contribution < 1.29 is 13.2 Å². The molecule has 0 saturated carbocycles. The van der Waals surface area contributed by atoms with E-state index >= 15 is 0 Å². The van der Waals surface area contributed by atoms with Crippen LogP contribution in [0.15, 0.2) is 34.8 Å². The van der Waals surface area contributed by atoms with Gasteiger partial charge in [-0.15, -0.1) is 0 Å². The predicted molar refractivity (Wildman–Crippen MR) is 74.4 cm³/mol. The summed E-state index contributed by atoms with van der Waals surface area (Å²) in [6, 6.07) is 6.10.